The number of halogens is 3. The minimum absolute atomic E-state index is 0.193. The zero-order valence-electron chi connectivity index (χ0n) is 19.5. The summed E-state index contributed by atoms with van der Waals surface area (Å²) in [5, 5.41) is 23.3. The summed E-state index contributed by atoms with van der Waals surface area (Å²) in [6, 6.07) is 19.4. The van der Waals surface area contributed by atoms with E-state index >= 15 is 0 Å². The summed E-state index contributed by atoms with van der Waals surface area (Å²) in [5.74, 6) is -2.50. The zero-order chi connectivity index (χ0) is 26.7. The molecule has 3 aromatic carbocycles. The molecule has 2 N–H and O–H groups in total. The Bertz CT molecular complexity index is 1570. The van der Waals surface area contributed by atoms with Gasteiger partial charge in [-0.15, -0.1) is 0 Å². The van der Waals surface area contributed by atoms with Crippen LogP contribution in [0.2, 0.25) is 10.0 Å². The molecule has 4 aromatic rings. The molecule has 188 valence electrons. The first-order valence-corrected chi connectivity index (χ1v) is 11.9. The van der Waals surface area contributed by atoms with E-state index < -0.39 is 17.3 Å². The molecule has 0 aliphatic heterocycles. The molecular weight excluding hydrogens is 518 g/mol. The SMILES string of the molecule is Cn1cc(C(C[C@H](c2ccc(-c3ccc(C(=O)O)c(F)c3)cc2)c2ccc(Cl)cc2Cl)=NO)ccc1=O. The van der Waals surface area contributed by atoms with Crippen molar-refractivity contribution in [3.63, 3.8) is 0 Å². The average Bonchev–Trinajstić information content (AvgIpc) is 2.87. The third-order valence-electron chi connectivity index (χ3n) is 6.12. The normalized spacial score (nSPS) is 12.4. The maximum atomic E-state index is 14.2. The Labute approximate surface area is 221 Å². The molecule has 0 aliphatic rings. The first-order valence-electron chi connectivity index (χ1n) is 11.1. The first-order chi connectivity index (χ1) is 17.7. The van der Waals surface area contributed by atoms with Crippen LogP contribution in [0.5, 0.6) is 0 Å². The van der Waals surface area contributed by atoms with Crippen LogP contribution in [-0.4, -0.2) is 26.6 Å². The quantitative estimate of drug-likeness (QED) is 0.157. The molecule has 0 spiro atoms. The van der Waals surface area contributed by atoms with Crippen molar-refractivity contribution in [2.75, 3.05) is 0 Å². The Morgan fingerprint density at radius 1 is 1.00 bits per heavy atom. The monoisotopic (exact) mass is 538 g/mol. The summed E-state index contributed by atoms with van der Waals surface area (Å²) in [7, 11) is 1.61. The number of carboxylic acid groups (broad SMARTS) is 1. The van der Waals surface area contributed by atoms with E-state index in [4.69, 9.17) is 28.3 Å². The molecule has 0 unspecified atom stereocenters. The average molecular weight is 539 g/mol. The van der Waals surface area contributed by atoms with Gasteiger partial charge in [0.2, 0.25) is 5.56 Å². The van der Waals surface area contributed by atoms with E-state index in [2.05, 4.69) is 5.16 Å². The van der Waals surface area contributed by atoms with Gasteiger partial charge in [0.05, 0.1) is 11.3 Å². The third kappa shape index (κ3) is 5.74. The van der Waals surface area contributed by atoms with Gasteiger partial charge in [-0.2, -0.15) is 0 Å². The van der Waals surface area contributed by atoms with Gasteiger partial charge in [0, 0.05) is 47.3 Å². The number of rotatable bonds is 7. The van der Waals surface area contributed by atoms with Crippen LogP contribution in [0.3, 0.4) is 0 Å². The van der Waals surface area contributed by atoms with Crippen molar-refractivity contribution in [3.8, 4) is 11.1 Å². The van der Waals surface area contributed by atoms with Gasteiger partial charge in [-0.25, -0.2) is 9.18 Å². The van der Waals surface area contributed by atoms with Crippen LogP contribution in [0.1, 0.15) is 39.4 Å². The van der Waals surface area contributed by atoms with Crippen LogP contribution in [-0.2, 0) is 7.05 Å². The maximum Gasteiger partial charge on any atom is 0.338 e. The second-order valence-corrected chi connectivity index (χ2v) is 9.30. The highest BCUT2D eigenvalue weighted by molar-refractivity contribution is 6.35. The number of carbonyl (C=O) groups is 1. The molecule has 0 radical (unpaired) electrons. The van der Waals surface area contributed by atoms with Gasteiger partial charge in [-0.1, -0.05) is 64.8 Å². The summed E-state index contributed by atoms with van der Waals surface area (Å²) in [6.07, 6.45) is 1.84. The van der Waals surface area contributed by atoms with Crippen molar-refractivity contribution in [1.29, 1.82) is 0 Å². The fraction of sp³-hybridized carbons (Fsp3) is 0.107. The fourth-order valence-corrected chi connectivity index (χ4v) is 4.68. The van der Waals surface area contributed by atoms with E-state index in [1.54, 1.807) is 55.7 Å². The van der Waals surface area contributed by atoms with Crippen LogP contribution in [0.25, 0.3) is 11.1 Å². The Morgan fingerprint density at radius 3 is 2.30 bits per heavy atom. The molecule has 0 bridgehead atoms. The van der Waals surface area contributed by atoms with Crippen molar-refractivity contribution in [2.24, 2.45) is 12.2 Å². The molecule has 0 aliphatic carbocycles. The molecule has 0 saturated heterocycles. The van der Waals surface area contributed by atoms with Gasteiger partial charge in [0.1, 0.15) is 5.82 Å². The number of hydrogen-bond acceptors (Lipinski definition) is 4. The summed E-state index contributed by atoms with van der Waals surface area (Å²) in [5.41, 5.74) is 3.14. The number of pyridine rings is 1. The lowest BCUT2D eigenvalue weighted by molar-refractivity contribution is 0.0692. The molecule has 9 heteroatoms. The lowest BCUT2D eigenvalue weighted by atomic mass is 9.85. The molecule has 6 nitrogen and oxygen atoms in total. The van der Waals surface area contributed by atoms with Crippen molar-refractivity contribution >= 4 is 34.9 Å². The van der Waals surface area contributed by atoms with Gasteiger partial charge in [-0.3, -0.25) is 4.79 Å². The van der Waals surface area contributed by atoms with Crippen molar-refractivity contribution in [1.82, 2.24) is 4.57 Å². The zero-order valence-corrected chi connectivity index (χ0v) is 21.0. The largest absolute Gasteiger partial charge is 0.478 e. The smallest absolute Gasteiger partial charge is 0.338 e. The lowest BCUT2D eigenvalue weighted by Gasteiger charge is -2.21. The second kappa shape index (κ2) is 11.0. The lowest BCUT2D eigenvalue weighted by Crippen LogP contribution is -2.18. The highest BCUT2D eigenvalue weighted by Crippen LogP contribution is 2.36. The standard InChI is InChI=1S/C28H21Cl2FN2O4/c1-33-15-19(7-11-27(33)34)26(32-37)14-23(21-10-8-20(29)13-24(21)30)17-4-2-16(3-5-17)18-6-9-22(28(35)36)25(31)12-18/h2-13,15,23,37H,14H2,1H3,(H,35,36)/t23-/m1/s1. The molecule has 1 atom stereocenters. The molecular formula is C28H21Cl2FN2O4. The predicted octanol–water partition coefficient (Wildman–Crippen LogP) is 6.60. The number of benzene rings is 3. The van der Waals surface area contributed by atoms with E-state index in [0.717, 1.165) is 11.1 Å². The number of oxime groups is 1. The van der Waals surface area contributed by atoms with Crippen LogP contribution in [0.4, 0.5) is 4.39 Å². The maximum absolute atomic E-state index is 14.2. The molecule has 4 rings (SSSR count). The summed E-state index contributed by atoms with van der Waals surface area (Å²) < 4.78 is 15.6. The van der Waals surface area contributed by atoms with Gasteiger partial charge in [-0.05, 0) is 52.6 Å². The molecule has 1 aromatic heterocycles. The Balaban J connectivity index is 1.74. The summed E-state index contributed by atoms with van der Waals surface area (Å²) in [4.78, 5) is 22.9. The highest BCUT2D eigenvalue weighted by atomic mass is 35.5. The van der Waals surface area contributed by atoms with Crippen LogP contribution in [0.15, 0.2) is 88.9 Å². The van der Waals surface area contributed by atoms with Crippen molar-refractivity contribution in [2.45, 2.75) is 12.3 Å². The van der Waals surface area contributed by atoms with Crippen molar-refractivity contribution < 1.29 is 19.5 Å². The Morgan fingerprint density at radius 2 is 1.70 bits per heavy atom. The molecule has 1 heterocycles. The van der Waals surface area contributed by atoms with E-state index in [0.29, 0.717) is 32.4 Å². The van der Waals surface area contributed by atoms with E-state index in [1.807, 2.05) is 12.1 Å². The van der Waals surface area contributed by atoms with Crippen LogP contribution < -0.4 is 5.56 Å². The highest BCUT2D eigenvalue weighted by Gasteiger charge is 2.22. The molecule has 0 fully saturated rings. The Hall–Kier alpha value is -3.94. The predicted molar refractivity (Wildman–Crippen MR) is 142 cm³/mol. The van der Waals surface area contributed by atoms with Gasteiger partial charge < -0.3 is 14.9 Å². The summed E-state index contributed by atoms with van der Waals surface area (Å²) in [6.45, 7) is 0. The minimum atomic E-state index is -1.33. The van der Waals surface area contributed by atoms with E-state index in [1.165, 1.54) is 22.8 Å². The number of hydrogen-bond donors (Lipinski definition) is 2. The number of aryl methyl sites for hydroxylation is 1. The van der Waals surface area contributed by atoms with E-state index in [9.17, 15) is 19.2 Å². The van der Waals surface area contributed by atoms with Gasteiger partial charge in [0.25, 0.3) is 0 Å². The first kappa shape index (κ1) is 26.1. The second-order valence-electron chi connectivity index (χ2n) is 8.46. The van der Waals surface area contributed by atoms with E-state index in [-0.39, 0.29) is 17.9 Å². The Kier molecular flexibility index (Phi) is 7.76. The molecule has 37 heavy (non-hydrogen) atoms. The number of aromatic carboxylic acids is 1. The topological polar surface area (TPSA) is 91.9 Å². The minimum Gasteiger partial charge on any atom is -0.478 e. The van der Waals surface area contributed by atoms with Gasteiger partial charge >= 0.3 is 5.97 Å². The molecule has 0 saturated carbocycles. The number of nitrogens with zero attached hydrogens (tertiary/aromatic N) is 2. The van der Waals surface area contributed by atoms with Crippen molar-refractivity contribution in [3.05, 3.63) is 127 Å². The summed E-state index contributed by atoms with van der Waals surface area (Å²) >= 11 is 12.7. The number of aromatic nitrogens is 1. The van der Waals surface area contributed by atoms with Crippen LogP contribution >= 0.6 is 23.2 Å². The fourth-order valence-electron chi connectivity index (χ4n) is 4.14. The number of carboxylic acids is 1. The van der Waals surface area contributed by atoms with Gasteiger partial charge in [0.15, 0.2) is 0 Å². The third-order valence-corrected chi connectivity index (χ3v) is 6.68. The molecule has 0 amide bonds. The van der Waals surface area contributed by atoms with Crippen LogP contribution in [0, 0.1) is 5.82 Å².